The van der Waals surface area contributed by atoms with Gasteiger partial charge in [-0.2, -0.15) is 8.42 Å². The van der Waals surface area contributed by atoms with Gasteiger partial charge in [0.2, 0.25) is 5.91 Å². The Kier molecular flexibility index (Phi) is 4.31. The third-order valence-electron chi connectivity index (χ3n) is 1.15. The Hall–Kier alpha value is -0.660. The Labute approximate surface area is 76.7 Å². The van der Waals surface area contributed by atoms with Crippen molar-refractivity contribution in [2.75, 3.05) is 0 Å². The van der Waals surface area contributed by atoms with E-state index in [0.717, 1.165) is 0 Å². The van der Waals surface area contributed by atoms with E-state index >= 15 is 0 Å². The molecule has 0 bridgehead atoms. The number of amides is 1. The lowest BCUT2D eigenvalue weighted by Gasteiger charge is -2.10. The molecule has 0 heterocycles. The van der Waals surface area contributed by atoms with Gasteiger partial charge in [0.15, 0.2) is 5.44 Å². The molecule has 6 nitrogen and oxygen atoms in total. The van der Waals surface area contributed by atoms with Crippen LogP contribution in [0.15, 0.2) is 0 Å². The summed E-state index contributed by atoms with van der Waals surface area (Å²) in [5.74, 6) is -0.625. The minimum atomic E-state index is -4.54. The molecule has 1 amide bonds. The number of nitrogens with one attached hydrogen (secondary N) is 1. The van der Waals surface area contributed by atoms with E-state index in [0.29, 0.717) is 0 Å². The minimum absolute atomic E-state index is 0.138. The van der Waals surface area contributed by atoms with Crippen LogP contribution in [-0.4, -0.2) is 35.5 Å². The van der Waals surface area contributed by atoms with Crippen molar-refractivity contribution in [1.29, 1.82) is 0 Å². The van der Waals surface area contributed by atoms with Crippen LogP contribution in [0.1, 0.15) is 20.3 Å². The first kappa shape index (κ1) is 12.3. The van der Waals surface area contributed by atoms with Crippen LogP contribution in [0.5, 0.6) is 0 Å². The van der Waals surface area contributed by atoms with Crippen molar-refractivity contribution >= 4 is 16.0 Å². The lowest BCUT2D eigenvalue weighted by molar-refractivity contribution is -0.122. The SMILES string of the molecule is CC(C)NC(=O)CC(O)S(=O)(=O)O. The van der Waals surface area contributed by atoms with Crippen LogP contribution in [0.25, 0.3) is 0 Å². The predicted molar refractivity (Wildman–Crippen MR) is 45.5 cm³/mol. The number of hydrogen-bond donors (Lipinski definition) is 3. The molecule has 0 rings (SSSR count). The largest absolute Gasteiger partial charge is 0.375 e. The fraction of sp³-hybridized carbons (Fsp3) is 0.833. The molecule has 0 aliphatic carbocycles. The Morgan fingerprint density at radius 3 is 2.23 bits per heavy atom. The number of rotatable bonds is 4. The second kappa shape index (κ2) is 4.54. The van der Waals surface area contributed by atoms with Crippen molar-refractivity contribution < 1.29 is 22.9 Å². The van der Waals surface area contributed by atoms with Gasteiger partial charge >= 0.3 is 0 Å². The first-order chi connectivity index (χ1) is 5.73. The van der Waals surface area contributed by atoms with Gasteiger partial charge in [-0.1, -0.05) is 0 Å². The van der Waals surface area contributed by atoms with Crippen LogP contribution in [-0.2, 0) is 14.9 Å². The van der Waals surface area contributed by atoms with Crippen molar-refractivity contribution in [3.63, 3.8) is 0 Å². The molecular weight excluding hydrogens is 198 g/mol. The number of aliphatic hydroxyl groups excluding tert-OH is 1. The summed E-state index contributed by atoms with van der Waals surface area (Å²) in [6.07, 6.45) is -0.656. The standard InChI is InChI=1S/C6H13NO5S/c1-4(2)7-5(8)3-6(9)13(10,11)12/h4,6,9H,3H2,1-2H3,(H,7,8)(H,10,11,12). The fourth-order valence-electron chi connectivity index (χ4n) is 0.645. The summed E-state index contributed by atoms with van der Waals surface area (Å²) < 4.78 is 28.9. The summed E-state index contributed by atoms with van der Waals surface area (Å²) in [4.78, 5) is 10.9. The van der Waals surface area contributed by atoms with Crippen molar-refractivity contribution in [2.45, 2.75) is 31.7 Å². The molecule has 0 aromatic rings. The molecule has 0 saturated carbocycles. The number of hydrogen-bond acceptors (Lipinski definition) is 4. The molecule has 0 fully saturated rings. The van der Waals surface area contributed by atoms with E-state index in [-0.39, 0.29) is 6.04 Å². The highest BCUT2D eigenvalue weighted by Crippen LogP contribution is 1.99. The van der Waals surface area contributed by atoms with Crippen LogP contribution in [0.3, 0.4) is 0 Å². The fourth-order valence-corrected chi connectivity index (χ4v) is 1.01. The lowest BCUT2D eigenvalue weighted by atomic mass is 10.3. The van der Waals surface area contributed by atoms with Gasteiger partial charge in [0.1, 0.15) is 0 Å². The molecule has 0 saturated heterocycles. The van der Waals surface area contributed by atoms with E-state index in [4.69, 9.17) is 9.66 Å². The zero-order valence-electron chi connectivity index (χ0n) is 7.39. The minimum Gasteiger partial charge on any atom is -0.375 e. The highest BCUT2D eigenvalue weighted by Gasteiger charge is 2.22. The first-order valence-electron chi connectivity index (χ1n) is 3.67. The number of carbonyl (C=O) groups is 1. The van der Waals surface area contributed by atoms with Crippen LogP contribution >= 0.6 is 0 Å². The molecule has 7 heteroatoms. The van der Waals surface area contributed by atoms with Crippen LogP contribution in [0.2, 0.25) is 0 Å². The Morgan fingerprint density at radius 1 is 1.46 bits per heavy atom. The molecule has 0 radical (unpaired) electrons. The molecule has 0 aromatic carbocycles. The van der Waals surface area contributed by atoms with Crippen molar-refractivity contribution in [2.24, 2.45) is 0 Å². The first-order valence-corrected chi connectivity index (χ1v) is 5.17. The monoisotopic (exact) mass is 211 g/mol. The van der Waals surface area contributed by atoms with E-state index in [9.17, 15) is 13.2 Å². The Balaban J connectivity index is 4.08. The predicted octanol–water partition coefficient (Wildman–Crippen LogP) is -0.893. The van der Waals surface area contributed by atoms with Gasteiger partial charge < -0.3 is 10.4 Å². The van der Waals surface area contributed by atoms with Crippen molar-refractivity contribution in [1.82, 2.24) is 5.32 Å². The lowest BCUT2D eigenvalue weighted by Crippen LogP contribution is -2.34. The molecule has 1 unspecified atom stereocenters. The quantitative estimate of drug-likeness (QED) is 0.523. The maximum absolute atomic E-state index is 10.9. The van der Waals surface area contributed by atoms with Crippen LogP contribution in [0.4, 0.5) is 0 Å². The van der Waals surface area contributed by atoms with E-state index < -0.39 is 27.9 Å². The molecule has 3 N–H and O–H groups in total. The van der Waals surface area contributed by atoms with Gasteiger partial charge in [0, 0.05) is 6.04 Å². The summed E-state index contributed by atoms with van der Waals surface area (Å²) in [6, 6.07) is -0.138. The average Bonchev–Trinajstić information content (AvgIpc) is 1.82. The van der Waals surface area contributed by atoms with Gasteiger partial charge in [-0.15, -0.1) is 0 Å². The highest BCUT2D eigenvalue weighted by atomic mass is 32.2. The van der Waals surface area contributed by atoms with Gasteiger partial charge in [-0.05, 0) is 13.8 Å². The number of carbonyl (C=O) groups excluding carboxylic acids is 1. The number of aliphatic hydroxyl groups is 1. The van der Waals surface area contributed by atoms with Gasteiger partial charge in [-0.25, -0.2) is 0 Å². The summed E-state index contributed by atoms with van der Waals surface area (Å²) in [5, 5.41) is 11.1. The normalized spacial score (nSPS) is 14.2. The third-order valence-corrected chi connectivity index (χ3v) is 2.01. The van der Waals surface area contributed by atoms with Crippen molar-refractivity contribution in [3.05, 3.63) is 0 Å². The molecule has 78 valence electrons. The van der Waals surface area contributed by atoms with E-state index in [1.54, 1.807) is 13.8 Å². The van der Waals surface area contributed by atoms with Gasteiger partial charge in [0.25, 0.3) is 10.1 Å². The third kappa shape index (κ3) is 5.56. The maximum Gasteiger partial charge on any atom is 0.292 e. The highest BCUT2D eigenvalue weighted by molar-refractivity contribution is 7.86. The molecule has 0 spiro atoms. The average molecular weight is 211 g/mol. The van der Waals surface area contributed by atoms with Crippen molar-refractivity contribution in [3.8, 4) is 0 Å². The van der Waals surface area contributed by atoms with Gasteiger partial charge in [-0.3, -0.25) is 9.35 Å². The van der Waals surface area contributed by atoms with E-state index in [2.05, 4.69) is 5.32 Å². The summed E-state index contributed by atoms with van der Waals surface area (Å²) in [7, 11) is -4.54. The second-order valence-electron chi connectivity index (χ2n) is 2.90. The second-order valence-corrected chi connectivity index (χ2v) is 4.47. The summed E-state index contributed by atoms with van der Waals surface area (Å²) in [6.45, 7) is 3.38. The summed E-state index contributed by atoms with van der Waals surface area (Å²) in [5.41, 5.74) is -2.05. The molecule has 1 atom stereocenters. The zero-order chi connectivity index (χ0) is 10.6. The van der Waals surface area contributed by atoms with E-state index in [1.807, 2.05) is 0 Å². The Bertz CT molecular complexity index is 271. The topological polar surface area (TPSA) is 104 Å². The Morgan fingerprint density at radius 2 is 1.92 bits per heavy atom. The molecule has 0 aliphatic rings. The molecule has 0 aliphatic heterocycles. The molecule has 0 aromatic heterocycles. The molecular formula is C6H13NO5S. The molecule has 13 heavy (non-hydrogen) atoms. The maximum atomic E-state index is 10.9. The van der Waals surface area contributed by atoms with E-state index in [1.165, 1.54) is 0 Å². The summed E-state index contributed by atoms with van der Waals surface area (Å²) >= 11 is 0. The smallest absolute Gasteiger partial charge is 0.292 e. The van der Waals surface area contributed by atoms with Gasteiger partial charge in [0.05, 0.1) is 6.42 Å². The zero-order valence-corrected chi connectivity index (χ0v) is 8.21. The van der Waals surface area contributed by atoms with Crippen LogP contribution in [0, 0.1) is 0 Å². The van der Waals surface area contributed by atoms with Crippen LogP contribution < -0.4 is 5.32 Å².